The minimum atomic E-state index is -4.56. The third-order valence-corrected chi connectivity index (χ3v) is 2.30. The molecule has 2 nitrogen and oxygen atoms in total. The van der Waals surface area contributed by atoms with Gasteiger partial charge in [0.25, 0.3) is 0 Å². The topological polar surface area (TPSA) is 49.8 Å². The van der Waals surface area contributed by atoms with E-state index in [4.69, 9.17) is 11.0 Å². The monoisotopic (exact) mass is 264 g/mol. The van der Waals surface area contributed by atoms with Crippen LogP contribution in [-0.2, 0) is 6.18 Å². The van der Waals surface area contributed by atoms with Crippen LogP contribution in [0.4, 0.5) is 18.9 Å². The number of nitrogen functional groups attached to an aromatic ring is 1. The Balaban J connectivity index is 3.49. The van der Waals surface area contributed by atoms with Crippen molar-refractivity contribution in [3.05, 3.63) is 27.7 Å². The number of benzene rings is 1. The Kier molecular flexibility index (Phi) is 2.71. The average Bonchev–Trinajstić information content (AvgIpc) is 2.07. The Hall–Kier alpha value is -1.22. The van der Waals surface area contributed by atoms with Gasteiger partial charge < -0.3 is 5.73 Å². The second-order valence-corrected chi connectivity index (χ2v) is 3.35. The van der Waals surface area contributed by atoms with Gasteiger partial charge in [0.1, 0.15) is 6.07 Å². The van der Waals surface area contributed by atoms with E-state index in [1.54, 1.807) is 0 Å². The quantitative estimate of drug-likeness (QED) is 0.733. The smallest absolute Gasteiger partial charge is 0.397 e. The van der Waals surface area contributed by atoms with Gasteiger partial charge >= 0.3 is 6.18 Å². The van der Waals surface area contributed by atoms with E-state index in [1.165, 1.54) is 12.1 Å². The number of halogens is 4. The van der Waals surface area contributed by atoms with Gasteiger partial charge in [-0.25, -0.2) is 0 Å². The number of anilines is 1. The van der Waals surface area contributed by atoms with Crippen LogP contribution in [-0.4, -0.2) is 0 Å². The number of hydrogen-bond acceptors (Lipinski definition) is 2. The van der Waals surface area contributed by atoms with E-state index in [2.05, 4.69) is 15.9 Å². The molecule has 2 N–H and O–H groups in total. The zero-order valence-electron chi connectivity index (χ0n) is 6.69. The lowest BCUT2D eigenvalue weighted by Crippen LogP contribution is -2.09. The van der Waals surface area contributed by atoms with Crippen molar-refractivity contribution in [1.29, 1.82) is 5.26 Å². The molecule has 0 atom stereocenters. The summed E-state index contributed by atoms with van der Waals surface area (Å²) in [6.45, 7) is 0. The van der Waals surface area contributed by atoms with Crippen molar-refractivity contribution >= 4 is 21.6 Å². The summed E-state index contributed by atoms with van der Waals surface area (Å²) in [6, 6.07) is 3.42. The standard InChI is InChI=1S/C8H4BrF3N2/c9-6-2-1-5(8(10,11)12)4(3-13)7(6)14/h1-2H,14H2. The molecule has 0 aromatic heterocycles. The SMILES string of the molecule is N#Cc1c(C(F)(F)F)ccc(Br)c1N. The van der Waals surface area contributed by atoms with Gasteiger partial charge in [-0.15, -0.1) is 0 Å². The molecule has 0 amide bonds. The normalized spacial score (nSPS) is 11.1. The van der Waals surface area contributed by atoms with Gasteiger partial charge in [-0.1, -0.05) is 0 Å². The first kappa shape index (κ1) is 10.9. The molecule has 0 spiro atoms. The number of hydrogen-bond donors (Lipinski definition) is 1. The third kappa shape index (κ3) is 1.82. The average molecular weight is 265 g/mol. The highest BCUT2D eigenvalue weighted by molar-refractivity contribution is 9.10. The highest BCUT2D eigenvalue weighted by Gasteiger charge is 2.34. The molecule has 1 aromatic rings. The fourth-order valence-electron chi connectivity index (χ4n) is 0.951. The first-order valence-corrected chi connectivity index (χ1v) is 4.22. The van der Waals surface area contributed by atoms with Crippen molar-refractivity contribution < 1.29 is 13.2 Å². The molecule has 0 heterocycles. The summed E-state index contributed by atoms with van der Waals surface area (Å²) in [5, 5.41) is 8.54. The Morgan fingerprint density at radius 2 is 1.93 bits per heavy atom. The van der Waals surface area contributed by atoms with Crippen LogP contribution in [0.2, 0.25) is 0 Å². The van der Waals surface area contributed by atoms with Gasteiger partial charge in [0, 0.05) is 4.47 Å². The second-order valence-electron chi connectivity index (χ2n) is 2.49. The van der Waals surface area contributed by atoms with Crippen LogP contribution in [0.5, 0.6) is 0 Å². The van der Waals surface area contributed by atoms with Crippen LogP contribution >= 0.6 is 15.9 Å². The maximum Gasteiger partial charge on any atom is 0.417 e. The fraction of sp³-hybridized carbons (Fsp3) is 0.125. The minimum Gasteiger partial charge on any atom is -0.397 e. The molecule has 6 heteroatoms. The lowest BCUT2D eigenvalue weighted by Gasteiger charge is -2.10. The van der Waals surface area contributed by atoms with Crippen LogP contribution in [0.25, 0.3) is 0 Å². The Bertz CT molecular complexity index is 406. The summed E-state index contributed by atoms with van der Waals surface area (Å²) >= 11 is 2.94. The largest absolute Gasteiger partial charge is 0.417 e. The molecule has 0 aliphatic heterocycles. The molecule has 0 radical (unpaired) electrons. The van der Waals surface area contributed by atoms with Crippen LogP contribution in [0, 0.1) is 11.3 Å². The molecular formula is C8H4BrF3N2. The van der Waals surface area contributed by atoms with Crippen molar-refractivity contribution in [2.45, 2.75) is 6.18 Å². The first-order valence-electron chi connectivity index (χ1n) is 3.43. The van der Waals surface area contributed by atoms with Crippen LogP contribution < -0.4 is 5.73 Å². The van der Waals surface area contributed by atoms with E-state index in [1.807, 2.05) is 0 Å². The zero-order chi connectivity index (χ0) is 10.9. The molecule has 0 saturated carbocycles. The Morgan fingerprint density at radius 3 is 2.36 bits per heavy atom. The highest BCUT2D eigenvalue weighted by atomic mass is 79.9. The van der Waals surface area contributed by atoms with Crippen LogP contribution in [0.1, 0.15) is 11.1 Å². The molecule has 0 bridgehead atoms. The summed E-state index contributed by atoms with van der Waals surface area (Å²) in [6.07, 6.45) is -4.56. The molecule has 1 rings (SSSR count). The van der Waals surface area contributed by atoms with Gasteiger partial charge in [0.2, 0.25) is 0 Å². The van der Waals surface area contributed by atoms with Gasteiger partial charge in [-0.2, -0.15) is 18.4 Å². The van der Waals surface area contributed by atoms with Crippen molar-refractivity contribution in [3.8, 4) is 6.07 Å². The predicted octanol–water partition coefficient (Wildman–Crippen LogP) is 2.92. The molecule has 1 aromatic carbocycles. The van der Waals surface area contributed by atoms with E-state index >= 15 is 0 Å². The van der Waals surface area contributed by atoms with Crippen LogP contribution in [0.15, 0.2) is 16.6 Å². The minimum absolute atomic E-state index is 0.192. The molecular weight excluding hydrogens is 261 g/mol. The zero-order valence-corrected chi connectivity index (χ0v) is 8.28. The summed E-state index contributed by atoms with van der Waals surface area (Å²) < 4.78 is 37.3. The van der Waals surface area contributed by atoms with Crippen LogP contribution in [0.3, 0.4) is 0 Å². The maximum absolute atomic E-state index is 12.3. The first-order chi connectivity index (χ1) is 6.38. The van der Waals surface area contributed by atoms with Gasteiger partial charge in [-0.3, -0.25) is 0 Å². The van der Waals surface area contributed by atoms with Gasteiger partial charge in [-0.05, 0) is 28.1 Å². The number of nitrogens with two attached hydrogens (primary N) is 1. The molecule has 0 unspecified atom stereocenters. The van der Waals surface area contributed by atoms with Crippen molar-refractivity contribution in [1.82, 2.24) is 0 Å². The van der Waals surface area contributed by atoms with E-state index in [-0.39, 0.29) is 10.2 Å². The number of nitriles is 1. The van der Waals surface area contributed by atoms with Gasteiger partial charge in [0.15, 0.2) is 0 Å². The van der Waals surface area contributed by atoms with Crippen molar-refractivity contribution in [3.63, 3.8) is 0 Å². The third-order valence-electron chi connectivity index (χ3n) is 1.61. The van der Waals surface area contributed by atoms with E-state index in [9.17, 15) is 13.2 Å². The van der Waals surface area contributed by atoms with E-state index < -0.39 is 17.3 Å². The summed E-state index contributed by atoms with van der Waals surface area (Å²) in [5.41, 5.74) is 3.57. The molecule has 0 fully saturated rings. The molecule has 0 aliphatic carbocycles. The summed E-state index contributed by atoms with van der Waals surface area (Å²) in [5.74, 6) is 0. The van der Waals surface area contributed by atoms with Crippen molar-refractivity contribution in [2.75, 3.05) is 5.73 Å². The molecule has 14 heavy (non-hydrogen) atoms. The number of alkyl halides is 3. The maximum atomic E-state index is 12.3. The number of rotatable bonds is 0. The highest BCUT2D eigenvalue weighted by Crippen LogP contribution is 2.36. The predicted molar refractivity (Wildman–Crippen MR) is 48.3 cm³/mol. The van der Waals surface area contributed by atoms with Crippen molar-refractivity contribution in [2.24, 2.45) is 0 Å². The Labute approximate surface area is 86.3 Å². The fourth-order valence-corrected chi connectivity index (χ4v) is 1.28. The lowest BCUT2D eigenvalue weighted by molar-refractivity contribution is -0.137. The van der Waals surface area contributed by atoms with E-state index in [0.29, 0.717) is 0 Å². The Morgan fingerprint density at radius 1 is 1.36 bits per heavy atom. The number of nitrogens with zero attached hydrogens (tertiary/aromatic N) is 1. The van der Waals surface area contributed by atoms with E-state index in [0.717, 1.165) is 6.07 Å². The van der Waals surface area contributed by atoms with Gasteiger partial charge in [0.05, 0.1) is 16.8 Å². The lowest BCUT2D eigenvalue weighted by atomic mass is 10.1. The second kappa shape index (κ2) is 3.50. The summed E-state index contributed by atoms with van der Waals surface area (Å²) in [4.78, 5) is 0. The molecule has 74 valence electrons. The summed E-state index contributed by atoms with van der Waals surface area (Å²) in [7, 11) is 0. The molecule has 0 aliphatic rings. The molecule has 0 saturated heterocycles.